The lowest BCUT2D eigenvalue weighted by Gasteiger charge is -2.30. The Balaban J connectivity index is 1.96. The minimum absolute atomic E-state index is 0.0253. The summed E-state index contributed by atoms with van der Waals surface area (Å²) in [5, 5.41) is 10.7. The number of ether oxygens (including phenoxy) is 1. The summed E-state index contributed by atoms with van der Waals surface area (Å²) in [6.07, 6.45) is 0.306. The van der Waals surface area contributed by atoms with Crippen molar-refractivity contribution in [1.29, 1.82) is 0 Å². The number of rotatable bonds is 9. The van der Waals surface area contributed by atoms with E-state index in [1.165, 1.54) is 23.5 Å². The van der Waals surface area contributed by atoms with Gasteiger partial charge in [-0.25, -0.2) is 13.2 Å². The second-order valence-corrected chi connectivity index (χ2v) is 9.55. The summed E-state index contributed by atoms with van der Waals surface area (Å²) in [5.74, 6) is -0.471. The first kappa shape index (κ1) is 23.9. The number of benzene rings is 3. The first-order valence-electron chi connectivity index (χ1n) is 9.94. The van der Waals surface area contributed by atoms with Crippen LogP contribution in [0.1, 0.15) is 21.5 Å². The molecule has 1 atom stereocenters. The zero-order valence-electron chi connectivity index (χ0n) is 17.5. The minimum Gasteiger partial charge on any atom is -0.465 e. The Kier molecular flexibility index (Phi) is 8.04. The van der Waals surface area contributed by atoms with Crippen molar-refractivity contribution in [3.05, 3.63) is 101 Å². The number of methoxy groups -OCH3 is 1. The van der Waals surface area contributed by atoms with Gasteiger partial charge in [-0.1, -0.05) is 54.1 Å². The molecule has 0 fully saturated rings. The van der Waals surface area contributed by atoms with Crippen LogP contribution in [0.15, 0.2) is 83.8 Å². The number of hydrogen-bond acceptors (Lipinski definition) is 5. The molecule has 3 rings (SSSR count). The van der Waals surface area contributed by atoms with Gasteiger partial charge < -0.3 is 9.84 Å². The number of carbonyl (C=O) groups is 1. The maximum Gasteiger partial charge on any atom is 0.337 e. The Hall–Kier alpha value is -2.71. The van der Waals surface area contributed by atoms with Crippen LogP contribution in [0.3, 0.4) is 0 Å². The summed E-state index contributed by atoms with van der Waals surface area (Å²) in [6.45, 7) is -0.341. The molecule has 6 nitrogen and oxygen atoms in total. The molecule has 0 aliphatic carbocycles. The lowest BCUT2D eigenvalue weighted by molar-refractivity contribution is 0.0600. The van der Waals surface area contributed by atoms with Crippen molar-refractivity contribution in [3.63, 3.8) is 0 Å². The van der Waals surface area contributed by atoms with Crippen molar-refractivity contribution >= 4 is 27.6 Å². The van der Waals surface area contributed by atoms with Crippen LogP contribution in [0.25, 0.3) is 0 Å². The Labute approximate surface area is 193 Å². The van der Waals surface area contributed by atoms with Crippen LogP contribution >= 0.6 is 11.6 Å². The van der Waals surface area contributed by atoms with Gasteiger partial charge in [0.1, 0.15) is 0 Å². The molecule has 0 amide bonds. The highest BCUT2D eigenvalue weighted by molar-refractivity contribution is 7.89. The molecule has 8 heteroatoms. The van der Waals surface area contributed by atoms with Crippen LogP contribution in [0.5, 0.6) is 0 Å². The van der Waals surface area contributed by atoms with Crippen LogP contribution in [0, 0.1) is 0 Å². The van der Waals surface area contributed by atoms with Gasteiger partial charge in [0.15, 0.2) is 0 Å². The van der Waals surface area contributed by atoms with Crippen molar-refractivity contribution in [1.82, 2.24) is 4.31 Å². The topological polar surface area (TPSA) is 83.9 Å². The van der Waals surface area contributed by atoms with Crippen LogP contribution in [0.2, 0.25) is 5.02 Å². The first-order valence-corrected chi connectivity index (χ1v) is 11.8. The Morgan fingerprint density at radius 3 is 2.12 bits per heavy atom. The van der Waals surface area contributed by atoms with Crippen molar-refractivity contribution in [3.8, 4) is 0 Å². The van der Waals surface area contributed by atoms with Gasteiger partial charge in [0.25, 0.3) is 0 Å². The van der Waals surface area contributed by atoms with Crippen LogP contribution in [-0.2, 0) is 27.7 Å². The SMILES string of the molecule is COC(=O)c1ccc(CN([C@@H](CO)Cc2ccc(Cl)cc2)S(=O)(=O)c2ccccc2)cc1. The Bertz CT molecular complexity index is 1130. The highest BCUT2D eigenvalue weighted by Crippen LogP contribution is 2.24. The summed E-state index contributed by atoms with van der Waals surface area (Å²) in [5.41, 5.74) is 1.89. The van der Waals surface area contributed by atoms with Gasteiger partial charge in [-0.2, -0.15) is 4.31 Å². The molecule has 0 radical (unpaired) electrons. The third-order valence-corrected chi connectivity index (χ3v) is 7.23. The predicted octanol–water partition coefficient (Wildman–Crippen LogP) is 3.92. The van der Waals surface area contributed by atoms with Gasteiger partial charge in [0, 0.05) is 11.6 Å². The smallest absolute Gasteiger partial charge is 0.337 e. The molecular formula is C24H24ClNO5S. The largest absolute Gasteiger partial charge is 0.465 e. The maximum absolute atomic E-state index is 13.5. The van der Waals surface area contributed by atoms with E-state index in [-0.39, 0.29) is 18.0 Å². The zero-order valence-corrected chi connectivity index (χ0v) is 19.1. The summed E-state index contributed by atoms with van der Waals surface area (Å²) < 4.78 is 33.1. The van der Waals surface area contributed by atoms with E-state index >= 15 is 0 Å². The molecule has 32 heavy (non-hydrogen) atoms. The fourth-order valence-electron chi connectivity index (χ4n) is 3.33. The normalized spacial score (nSPS) is 12.5. The molecule has 0 spiro atoms. The van der Waals surface area contributed by atoms with Crippen LogP contribution < -0.4 is 0 Å². The van der Waals surface area contributed by atoms with Gasteiger partial charge in [0.2, 0.25) is 10.0 Å². The van der Waals surface area contributed by atoms with Crippen LogP contribution in [-0.4, -0.2) is 43.6 Å². The highest BCUT2D eigenvalue weighted by Gasteiger charge is 2.31. The Morgan fingerprint density at radius 1 is 0.969 bits per heavy atom. The predicted molar refractivity (Wildman–Crippen MR) is 123 cm³/mol. The Morgan fingerprint density at radius 2 is 1.56 bits per heavy atom. The number of sulfonamides is 1. The molecule has 1 N–H and O–H groups in total. The van der Waals surface area contributed by atoms with Crippen molar-refractivity contribution < 1.29 is 23.1 Å². The van der Waals surface area contributed by atoms with E-state index in [2.05, 4.69) is 0 Å². The number of aliphatic hydroxyl groups excluding tert-OH is 1. The van der Waals surface area contributed by atoms with E-state index in [9.17, 15) is 18.3 Å². The van der Waals surface area contributed by atoms with Crippen LogP contribution in [0.4, 0.5) is 0 Å². The van der Waals surface area contributed by atoms with E-state index in [1.807, 2.05) is 12.1 Å². The van der Waals surface area contributed by atoms with Crippen molar-refractivity contribution in [2.75, 3.05) is 13.7 Å². The van der Waals surface area contributed by atoms with Crippen molar-refractivity contribution in [2.24, 2.45) is 0 Å². The summed E-state index contributed by atoms with van der Waals surface area (Å²) in [4.78, 5) is 11.8. The van der Waals surface area contributed by atoms with Gasteiger partial charge in [-0.15, -0.1) is 0 Å². The number of hydrogen-bond donors (Lipinski definition) is 1. The molecule has 168 valence electrons. The van der Waals surface area contributed by atoms with E-state index in [4.69, 9.17) is 16.3 Å². The lowest BCUT2D eigenvalue weighted by atomic mass is 10.1. The number of carbonyl (C=O) groups excluding carboxylic acids is 1. The minimum atomic E-state index is -3.91. The molecular weight excluding hydrogens is 450 g/mol. The monoisotopic (exact) mass is 473 g/mol. The standard InChI is InChI=1S/C24H24ClNO5S/c1-31-24(28)20-11-7-19(8-12-20)16-26(32(29,30)23-5-3-2-4-6-23)22(17-27)15-18-9-13-21(25)14-10-18/h2-14,22,27H,15-17H2,1H3/t22-/m1/s1. The molecule has 0 aromatic heterocycles. The van der Waals surface area contributed by atoms with Crippen molar-refractivity contribution in [2.45, 2.75) is 23.9 Å². The first-order chi connectivity index (χ1) is 15.3. The fourth-order valence-corrected chi connectivity index (χ4v) is 5.08. The molecule has 0 aliphatic rings. The lowest BCUT2D eigenvalue weighted by Crippen LogP contribution is -2.43. The molecule has 3 aromatic carbocycles. The third kappa shape index (κ3) is 5.75. The third-order valence-electron chi connectivity index (χ3n) is 5.07. The van der Waals surface area contributed by atoms with E-state index < -0.39 is 22.0 Å². The summed E-state index contributed by atoms with van der Waals surface area (Å²) in [7, 11) is -2.62. The van der Waals surface area contributed by atoms with E-state index in [0.717, 1.165) is 5.56 Å². The second-order valence-electron chi connectivity index (χ2n) is 7.22. The summed E-state index contributed by atoms with van der Waals surface area (Å²) in [6, 6.07) is 21.0. The number of nitrogens with zero attached hydrogens (tertiary/aromatic N) is 1. The highest BCUT2D eigenvalue weighted by atomic mass is 35.5. The van der Waals surface area contributed by atoms with Gasteiger partial charge in [-0.05, 0) is 53.9 Å². The molecule has 0 bridgehead atoms. The molecule has 3 aromatic rings. The maximum atomic E-state index is 13.5. The molecule has 0 heterocycles. The number of halogens is 1. The van der Waals surface area contributed by atoms with E-state index in [0.29, 0.717) is 22.6 Å². The average Bonchev–Trinajstić information content (AvgIpc) is 2.83. The molecule has 0 unspecified atom stereocenters. The van der Waals surface area contributed by atoms with E-state index in [1.54, 1.807) is 54.6 Å². The molecule has 0 aliphatic heterocycles. The van der Waals surface area contributed by atoms with Gasteiger partial charge in [-0.3, -0.25) is 0 Å². The number of esters is 1. The second kappa shape index (κ2) is 10.7. The quantitative estimate of drug-likeness (QED) is 0.476. The number of aliphatic hydroxyl groups is 1. The molecule has 0 saturated heterocycles. The fraction of sp³-hybridized carbons (Fsp3) is 0.208. The zero-order chi connectivity index (χ0) is 23.1. The average molecular weight is 474 g/mol. The molecule has 0 saturated carbocycles. The summed E-state index contributed by atoms with van der Waals surface area (Å²) >= 11 is 5.96. The van der Waals surface area contributed by atoms with Gasteiger partial charge in [0.05, 0.1) is 30.2 Å². The van der Waals surface area contributed by atoms with Gasteiger partial charge >= 0.3 is 5.97 Å².